The molecule has 5 heteroatoms. The number of rotatable bonds is 4. The molecule has 1 amide bonds. The second-order valence-corrected chi connectivity index (χ2v) is 3.74. The minimum absolute atomic E-state index is 0.00317. The number of para-hydroxylation sites is 1. The molecule has 5 N–H and O–H groups in total. The third-order valence-electron chi connectivity index (χ3n) is 2.23. The number of nitrogen functional groups attached to an aromatic ring is 1. The highest BCUT2D eigenvalue weighted by atomic mass is 16.3. The van der Waals surface area contributed by atoms with E-state index in [1.54, 1.807) is 13.0 Å². The van der Waals surface area contributed by atoms with Gasteiger partial charge >= 0.3 is 0 Å². The SMILES string of the molecule is CC(CO)CNC(=O)c1cccc(N)c1O. The van der Waals surface area contributed by atoms with Crippen molar-refractivity contribution in [3.05, 3.63) is 23.8 Å². The molecule has 5 nitrogen and oxygen atoms in total. The van der Waals surface area contributed by atoms with Crippen molar-refractivity contribution < 1.29 is 15.0 Å². The van der Waals surface area contributed by atoms with E-state index in [2.05, 4.69) is 5.32 Å². The minimum atomic E-state index is -0.398. The summed E-state index contributed by atoms with van der Waals surface area (Å²) in [4.78, 5) is 11.6. The molecule has 0 aliphatic heterocycles. The van der Waals surface area contributed by atoms with Gasteiger partial charge in [-0.1, -0.05) is 13.0 Å². The molecule has 0 fully saturated rings. The van der Waals surface area contributed by atoms with Crippen LogP contribution in [0.15, 0.2) is 18.2 Å². The van der Waals surface area contributed by atoms with Gasteiger partial charge in [0.25, 0.3) is 5.91 Å². The lowest BCUT2D eigenvalue weighted by molar-refractivity contribution is 0.0939. The van der Waals surface area contributed by atoms with Crippen molar-refractivity contribution in [3.63, 3.8) is 0 Å². The van der Waals surface area contributed by atoms with Crippen LogP contribution < -0.4 is 11.1 Å². The normalized spacial score (nSPS) is 12.1. The number of aromatic hydroxyl groups is 1. The van der Waals surface area contributed by atoms with Crippen LogP contribution in [-0.4, -0.2) is 29.3 Å². The van der Waals surface area contributed by atoms with Crippen LogP contribution in [0.3, 0.4) is 0 Å². The summed E-state index contributed by atoms with van der Waals surface area (Å²) in [6, 6.07) is 4.60. The van der Waals surface area contributed by atoms with Crippen molar-refractivity contribution >= 4 is 11.6 Å². The Morgan fingerprint density at radius 3 is 2.88 bits per heavy atom. The van der Waals surface area contributed by atoms with Crippen LogP contribution in [-0.2, 0) is 0 Å². The highest BCUT2D eigenvalue weighted by Gasteiger charge is 2.13. The number of nitrogens with two attached hydrogens (primary N) is 1. The molecular formula is C11H16N2O3. The Bertz CT molecular complexity index is 379. The second kappa shape index (κ2) is 5.37. The Morgan fingerprint density at radius 2 is 2.25 bits per heavy atom. The first kappa shape index (κ1) is 12.3. The molecule has 0 spiro atoms. The van der Waals surface area contributed by atoms with E-state index in [-0.39, 0.29) is 29.5 Å². The van der Waals surface area contributed by atoms with Crippen LogP contribution in [0.1, 0.15) is 17.3 Å². The Kier molecular flexibility index (Phi) is 4.13. The summed E-state index contributed by atoms with van der Waals surface area (Å²) in [7, 11) is 0. The molecule has 1 rings (SSSR count). The Hall–Kier alpha value is -1.75. The number of hydrogen-bond donors (Lipinski definition) is 4. The standard InChI is InChI=1S/C11H16N2O3/c1-7(6-14)5-13-11(16)8-3-2-4-9(12)10(8)15/h2-4,7,14-15H,5-6,12H2,1H3,(H,13,16). The highest BCUT2D eigenvalue weighted by molar-refractivity contribution is 5.98. The number of anilines is 1. The maximum Gasteiger partial charge on any atom is 0.255 e. The molecule has 0 aromatic heterocycles. The maximum absolute atomic E-state index is 11.6. The number of carbonyl (C=O) groups excluding carboxylic acids is 1. The summed E-state index contributed by atoms with van der Waals surface area (Å²) in [5.74, 6) is -0.631. The first-order chi connectivity index (χ1) is 7.56. The average Bonchev–Trinajstić information content (AvgIpc) is 2.29. The largest absolute Gasteiger partial charge is 0.505 e. The van der Waals surface area contributed by atoms with Crippen LogP contribution in [0.4, 0.5) is 5.69 Å². The highest BCUT2D eigenvalue weighted by Crippen LogP contribution is 2.23. The lowest BCUT2D eigenvalue weighted by Gasteiger charge is -2.11. The molecule has 0 aliphatic carbocycles. The zero-order chi connectivity index (χ0) is 12.1. The lowest BCUT2D eigenvalue weighted by atomic mass is 10.1. The Morgan fingerprint density at radius 1 is 1.56 bits per heavy atom. The quantitative estimate of drug-likeness (QED) is 0.438. The third kappa shape index (κ3) is 2.87. The van der Waals surface area contributed by atoms with Crippen molar-refractivity contribution in [2.75, 3.05) is 18.9 Å². The summed E-state index contributed by atoms with van der Waals surface area (Å²) < 4.78 is 0. The summed E-state index contributed by atoms with van der Waals surface area (Å²) in [6.07, 6.45) is 0. The van der Waals surface area contributed by atoms with Gasteiger partial charge in [-0.25, -0.2) is 0 Å². The van der Waals surface area contributed by atoms with Crippen molar-refractivity contribution in [1.82, 2.24) is 5.32 Å². The third-order valence-corrected chi connectivity index (χ3v) is 2.23. The molecule has 0 aliphatic rings. The van der Waals surface area contributed by atoms with E-state index in [0.717, 1.165) is 0 Å². The zero-order valence-electron chi connectivity index (χ0n) is 9.10. The zero-order valence-corrected chi connectivity index (χ0v) is 9.10. The van der Waals surface area contributed by atoms with Gasteiger partial charge in [0.05, 0.1) is 11.3 Å². The molecule has 1 aromatic rings. The van der Waals surface area contributed by atoms with Crippen molar-refractivity contribution in [1.29, 1.82) is 0 Å². The van der Waals surface area contributed by atoms with Gasteiger partial charge in [0.15, 0.2) is 5.75 Å². The molecule has 0 radical (unpaired) electrons. The number of hydrogen-bond acceptors (Lipinski definition) is 4. The van der Waals surface area contributed by atoms with Crippen LogP contribution in [0.2, 0.25) is 0 Å². The number of benzene rings is 1. The van der Waals surface area contributed by atoms with Crippen molar-refractivity contribution in [3.8, 4) is 5.75 Å². The van der Waals surface area contributed by atoms with Gasteiger partial charge in [-0.3, -0.25) is 4.79 Å². The molecular weight excluding hydrogens is 208 g/mol. The van der Waals surface area contributed by atoms with Gasteiger partial charge in [0.2, 0.25) is 0 Å². The van der Waals surface area contributed by atoms with Gasteiger partial charge in [0.1, 0.15) is 0 Å². The van der Waals surface area contributed by atoms with E-state index in [0.29, 0.717) is 6.54 Å². The monoisotopic (exact) mass is 224 g/mol. The first-order valence-electron chi connectivity index (χ1n) is 5.02. The fourth-order valence-corrected chi connectivity index (χ4v) is 1.17. The molecule has 0 saturated carbocycles. The molecule has 0 saturated heterocycles. The van der Waals surface area contributed by atoms with Gasteiger partial charge in [0, 0.05) is 13.2 Å². The topological polar surface area (TPSA) is 95.6 Å². The van der Waals surface area contributed by atoms with Crippen LogP contribution in [0.5, 0.6) is 5.75 Å². The summed E-state index contributed by atoms with van der Waals surface area (Å²) in [5, 5.41) is 21.0. The molecule has 0 heterocycles. The van der Waals surface area contributed by atoms with Gasteiger partial charge in [-0.05, 0) is 18.1 Å². The molecule has 1 aromatic carbocycles. The fourth-order valence-electron chi connectivity index (χ4n) is 1.17. The van der Waals surface area contributed by atoms with E-state index in [1.165, 1.54) is 12.1 Å². The predicted molar refractivity (Wildman–Crippen MR) is 61.1 cm³/mol. The van der Waals surface area contributed by atoms with Crippen LogP contribution >= 0.6 is 0 Å². The van der Waals surface area contributed by atoms with E-state index in [9.17, 15) is 9.90 Å². The number of aliphatic hydroxyl groups is 1. The van der Waals surface area contributed by atoms with Crippen molar-refractivity contribution in [2.45, 2.75) is 6.92 Å². The van der Waals surface area contributed by atoms with E-state index < -0.39 is 5.91 Å². The Labute approximate surface area is 93.9 Å². The molecule has 1 atom stereocenters. The van der Waals surface area contributed by atoms with Gasteiger partial charge in [-0.2, -0.15) is 0 Å². The minimum Gasteiger partial charge on any atom is -0.505 e. The number of carbonyl (C=O) groups is 1. The van der Waals surface area contributed by atoms with E-state index in [1.807, 2.05) is 0 Å². The smallest absolute Gasteiger partial charge is 0.255 e. The number of aliphatic hydroxyl groups excluding tert-OH is 1. The van der Waals surface area contributed by atoms with Gasteiger partial charge < -0.3 is 21.3 Å². The van der Waals surface area contributed by atoms with E-state index >= 15 is 0 Å². The van der Waals surface area contributed by atoms with E-state index in [4.69, 9.17) is 10.8 Å². The van der Waals surface area contributed by atoms with Crippen LogP contribution in [0.25, 0.3) is 0 Å². The molecule has 88 valence electrons. The van der Waals surface area contributed by atoms with Crippen LogP contribution in [0, 0.1) is 5.92 Å². The summed E-state index contributed by atoms with van der Waals surface area (Å²) in [5.41, 5.74) is 5.78. The summed E-state index contributed by atoms with van der Waals surface area (Å²) >= 11 is 0. The second-order valence-electron chi connectivity index (χ2n) is 3.74. The number of nitrogens with one attached hydrogen (secondary N) is 1. The molecule has 0 bridgehead atoms. The number of amides is 1. The molecule has 1 unspecified atom stereocenters. The summed E-state index contributed by atoms with van der Waals surface area (Å²) in [6.45, 7) is 2.16. The number of phenols is 1. The Balaban J connectivity index is 2.70. The lowest BCUT2D eigenvalue weighted by Crippen LogP contribution is -2.29. The fraction of sp³-hybridized carbons (Fsp3) is 0.364. The molecule has 16 heavy (non-hydrogen) atoms. The first-order valence-corrected chi connectivity index (χ1v) is 5.02. The average molecular weight is 224 g/mol. The predicted octanol–water partition coefficient (Wildman–Crippen LogP) is 0.333. The number of phenolic OH excluding ortho intramolecular Hbond substituents is 1. The maximum atomic E-state index is 11.6. The van der Waals surface area contributed by atoms with Gasteiger partial charge in [-0.15, -0.1) is 0 Å². The van der Waals surface area contributed by atoms with Crippen molar-refractivity contribution in [2.24, 2.45) is 5.92 Å².